The number of rotatable bonds is 6. The van der Waals surface area contributed by atoms with E-state index < -0.39 is 17.5 Å². The van der Waals surface area contributed by atoms with E-state index >= 15 is 0 Å². The van der Waals surface area contributed by atoms with Crippen molar-refractivity contribution in [3.8, 4) is 5.75 Å². The topological polar surface area (TPSA) is 59.1 Å². The lowest BCUT2D eigenvalue weighted by Gasteiger charge is -2.11. The van der Waals surface area contributed by atoms with Gasteiger partial charge in [-0.3, -0.25) is 0 Å². The van der Waals surface area contributed by atoms with Crippen LogP contribution in [0.3, 0.4) is 0 Å². The molecule has 0 amide bonds. The van der Waals surface area contributed by atoms with Crippen molar-refractivity contribution in [2.75, 3.05) is 17.2 Å². The highest BCUT2D eigenvalue weighted by Crippen LogP contribution is 2.24. The van der Waals surface area contributed by atoms with Gasteiger partial charge in [0, 0.05) is 17.4 Å². The van der Waals surface area contributed by atoms with E-state index in [9.17, 15) is 13.2 Å². The summed E-state index contributed by atoms with van der Waals surface area (Å²) in [6.45, 7) is 4.21. The molecule has 2 N–H and O–H groups in total. The molecule has 8 heteroatoms. The minimum Gasteiger partial charge on any atom is -0.494 e. The van der Waals surface area contributed by atoms with Crippen LogP contribution in [0.25, 0.3) is 0 Å². The molecule has 27 heavy (non-hydrogen) atoms. The maximum absolute atomic E-state index is 13.8. The molecular weight excluding hydrogens is 357 g/mol. The van der Waals surface area contributed by atoms with Gasteiger partial charge >= 0.3 is 0 Å². The first kappa shape index (κ1) is 18.5. The van der Waals surface area contributed by atoms with E-state index in [0.717, 1.165) is 23.6 Å². The highest BCUT2D eigenvalue weighted by Gasteiger charge is 2.14. The van der Waals surface area contributed by atoms with Crippen LogP contribution in [0.4, 0.5) is 36.3 Å². The molecule has 5 nitrogen and oxygen atoms in total. The molecule has 140 valence electrons. The maximum atomic E-state index is 13.8. The predicted molar refractivity (Wildman–Crippen MR) is 97.3 cm³/mol. The van der Waals surface area contributed by atoms with Gasteiger partial charge in [0.2, 0.25) is 5.95 Å². The maximum Gasteiger partial charge on any atom is 0.229 e. The molecule has 0 saturated heterocycles. The summed E-state index contributed by atoms with van der Waals surface area (Å²) in [5.41, 5.74) is 1.11. The third-order valence-corrected chi connectivity index (χ3v) is 3.57. The normalized spacial score (nSPS) is 10.6. The molecule has 1 aromatic heterocycles. The molecule has 1 heterocycles. The van der Waals surface area contributed by atoms with Gasteiger partial charge in [-0.05, 0) is 50.2 Å². The summed E-state index contributed by atoms with van der Waals surface area (Å²) in [5.74, 6) is -2.87. The van der Waals surface area contributed by atoms with Gasteiger partial charge in [0.1, 0.15) is 11.6 Å². The van der Waals surface area contributed by atoms with Crippen LogP contribution in [0.1, 0.15) is 12.6 Å². The first-order valence-corrected chi connectivity index (χ1v) is 8.22. The van der Waals surface area contributed by atoms with Crippen molar-refractivity contribution in [1.29, 1.82) is 0 Å². The quantitative estimate of drug-likeness (QED) is 0.589. The van der Waals surface area contributed by atoms with Gasteiger partial charge < -0.3 is 15.4 Å². The Morgan fingerprint density at radius 1 is 0.926 bits per heavy atom. The van der Waals surface area contributed by atoms with Crippen LogP contribution >= 0.6 is 0 Å². The van der Waals surface area contributed by atoms with Crippen molar-refractivity contribution in [1.82, 2.24) is 9.97 Å². The van der Waals surface area contributed by atoms with Crippen molar-refractivity contribution in [3.05, 3.63) is 65.6 Å². The number of nitrogens with zero attached hydrogens (tertiary/aromatic N) is 2. The van der Waals surface area contributed by atoms with Crippen LogP contribution in [0.2, 0.25) is 0 Å². The highest BCUT2D eigenvalue weighted by atomic mass is 19.2. The highest BCUT2D eigenvalue weighted by molar-refractivity contribution is 5.61. The first-order valence-electron chi connectivity index (χ1n) is 8.22. The zero-order valence-electron chi connectivity index (χ0n) is 14.7. The SMILES string of the molecule is CCOc1ccc(Nc2nc(C)cc(Nc3ccc(F)c(F)c3F)n2)cc1. The van der Waals surface area contributed by atoms with Gasteiger partial charge in [0.05, 0.1) is 12.3 Å². The van der Waals surface area contributed by atoms with Crippen molar-refractivity contribution in [2.24, 2.45) is 0 Å². The minimum atomic E-state index is -1.54. The Hall–Kier alpha value is -3.29. The van der Waals surface area contributed by atoms with Crippen LogP contribution in [0.15, 0.2) is 42.5 Å². The van der Waals surface area contributed by atoms with Crippen LogP contribution < -0.4 is 15.4 Å². The zero-order valence-corrected chi connectivity index (χ0v) is 14.7. The van der Waals surface area contributed by atoms with Crippen molar-refractivity contribution >= 4 is 23.1 Å². The summed E-state index contributed by atoms with van der Waals surface area (Å²) < 4.78 is 45.7. The molecule has 2 aromatic carbocycles. The predicted octanol–water partition coefficient (Wildman–Crippen LogP) is 5.09. The molecule has 0 radical (unpaired) electrons. The summed E-state index contributed by atoms with van der Waals surface area (Å²) >= 11 is 0. The average Bonchev–Trinajstić information content (AvgIpc) is 2.64. The average molecular weight is 374 g/mol. The fourth-order valence-corrected chi connectivity index (χ4v) is 2.38. The van der Waals surface area contributed by atoms with E-state index in [1.54, 1.807) is 37.3 Å². The number of aryl methyl sites for hydroxylation is 1. The lowest BCUT2D eigenvalue weighted by Crippen LogP contribution is -2.04. The van der Waals surface area contributed by atoms with Crippen LogP contribution in [0, 0.1) is 24.4 Å². The molecule has 0 fully saturated rings. The molecule has 0 bridgehead atoms. The second-order valence-corrected chi connectivity index (χ2v) is 5.65. The monoisotopic (exact) mass is 374 g/mol. The number of halogens is 3. The Balaban J connectivity index is 1.81. The van der Waals surface area contributed by atoms with Crippen LogP contribution in [-0.2, 0) is 0 Å². The lowest BCUT2D eigenvalue weighted by atomic mass is 10.2. The van der Waals surface area contributed by atoms with E-state index in [1.807, 2.05) is 6.92 Å². The number of aromatic nitrogens is 2. The van der Waals surface area contributed by atoms with Gasteiger partial charge in [-0.15, -0.1) is 0 Å². The number of hydrogen-bond donors (Lipinski definition) is 2. The van der Waals surface area contributed by atoms with Crippen molar-refractivity contribution in [2.45, 2.75) is 13.8 Å². The molecule has 0 aliphatic rings. The summed E-state index contributed by atoms with van der Waals surface area (Å²) in [7, 11) is 0. The minimum absolute atomic E-state index is 0.223. The standard InChI is InChI=1S/C19H17F3N4O/c1-3-27-13-6-4-12(5-7-13)24-19-23-11(2)10-16(26-19)25-15-9-8-14(20)17(21)18(15)22/h4-10H,3H2,1-2H3,(H2,23,24,25,26). The van der Waals surface area contributed by atoms with E-state index in [-0.39, 0.29) is 17.5 Å². The Labute approximate surface area is 154 Å². The molecule has 0 aliphatic carbocycles. The summed E-state index contributed by atoms with van der Waals surface area (Å²) in [6, 6.07) is 10.7. The fourth-order valence-electron chi connectivity index (χ4n) is 2.38. The molecule has 0 spiro atoms. The van der Waals surface area contributed by atoms with E-state index in [0.29, 0.717) is 12.3 Å². The summed E-state index contributed by atoms with van der Waals surface area (Å²) in [6.07, 6.45) is 0. The van der Waals surface area contributed by atoms with E-state index in [1.165, 1.54) is 0 Å². The number of hydrogen-bond acceptors (Lipinski definition) is 5. The Morgan fingerprint density at radius 2 is 1.67 bits per heavy atom. The number of ether oxygens (including phenoxy) is 1. The van der Waals surface area contributed by atoms with Gasteiger partial charge in [0.15, 0.2) is 17.5 Å². The molecule has 0 saturated carbocycles. The van der Waals surface area contributed by atoms with Crippen LogP contribution in [0.5, 0.6) is 5.75 Å². The second kappa shape index (κ2) is 7.94. The molecule has 0 unspecified atom stereocenters. The lowest BCUT2D eigenvalue weighted by molar-refractivity contribution is 0.340. The molecule has 0 atom stereocenters. The van der Waals surface area contributed by atoms with E-state index in [4.69, 9.17) is 4.74 Å². The Kier molecular flexibility index (Phi) is 5.44. The molecular formula is C19H17F3N4O. The molecule has 3 aromatic rings. The fraction of sp³-hybridized carbons (Fsp3) is 0.158. The molecule has 0 aliphatic heterocycles. The number of anilines is 4. The largest absolute Gasteiger partial charge is 0.494 e. The third-order valence-electron chi connectivity index (χ3n) is 3.57. The zero-order chi connectivity index (χ0) is 19.4. The summed E-state index contributed by atoms with van der Waals surface area (Å²) in [4.78, 5) is 8.49. The third kappa shape index (κ3) is 4.46. The van der Waals surface area contributed by atoms with Gasteiger partial charge in [0.25, 0.3) is 0 Å². The van der Waals surface area contributed by atoms with E-state index in [2.05, 4.69) is 20.6 Å². The van der Waals surface area contributed by atoms with Gasteiger partial charge in [-0.2, -0.15) is 4.98 Å². The van der Waals surface area contributed by atoms with Crippen LogP contribution in [-0.4, -0.2) is 16.6 Å². The van der Waals surface area contributed by atoms with Gasteiger partial charge in [-0.25, -0.2) is 18.2 Å². The number of benzene rings is 2. The molecule has 3 rings (SSSR count). The van der Waals surface area contributed by atoms with Crippen molar-refractivity contribution < 1.29 is 17.9 Å². The van der Waals surface area contributed by atoms with Gasteiger partial charge in [-0.1, -0.05) is 0 Å². The number of nitrogens with one attached hydrogen (secondary N) is 2. The second-order valence-electron chi connectivity index (χ2n) is 5.65. The Morgan fingerprint density at radius 3 is 2.37 bits per heavy atom. The summed E-state index contributed by atoms with van der Waals surface area (Å²) in [5, 5.41) is 5.67. The first-order chi connectivity index (χ1) is 13.0. The van der Waals surface area contributed by atoms with Crippen molar-refractivity contribution in [3.63, 3.8) is 0 Å². The Bertz CT molecular complexity index is 948. The smallest absolute Gasteiger partial charge is 0.229 e.